The lowest BCUT2D eigenvalue weighted by Gasteiger charge is -2.58. The van der Waals surface area contributed by atoms with Crippen LogP contribution in [0.3, 0.4) is 0 Å². The van der Waals surface area contributed by atoms with E-state index in [9.17, 15) is 28.6 Å². The Balaban J connectivity index is 1.51. The highest BCUT2D eigenvalue weighted by Gasteiger charge is 2.59. The monoisotopic (exact) mass is 519 g/mol. The number of anilines is 1. The Labute approximate surface area is 212 Å². The molecule has 2 fully saturated rings. The summed E-state index contributed by atoms with van der Waals surface area (Å²) in [5.41, 5.74) is -1.16. The van der Waals surface area contributed by atoms with Gasteiger partial charge in [0.25, 0.3) is 5.91 Å². The minimum Gasteiger partial charge on any atom is -0.396 e. The summed E-state index contributed by atoms with van der Waals surface area (Å²) in [5, 5.41) is 27.0. The van der Waals surface area contributed by atoms with Crippen LogP contribution in [0.5, 0.6) is 0 Å². The number of halogens is 2. The predicted molar refractivity (Wildman–Crippen MR) is 131 cm³/mol. The summed E-state index contributed by atoms with van der Waals surface area (Å²) >= 11 is 1.21. The number of nitrogens with one attached hydrogen (secondary N) is 2. The van der Waals surface area contributed by atoms with Crippen molar-refractivity contribution in [1.29, 1.82) is 0 Å². The molecule has 3 aliphatic carbocycles. The van der Waals surface area contributed by atoms with Crippen LogP contribution < -0.4 is 10.6 Å². The van der Waals surface area contributed by atoms with E-state index < -0.39 is 40.0 Å². The molecular formula is C26H31F2N3O4S. The van der Waals surface area contributed by atoms with Crippen LogP contribution in [0.4, 0.5) is 13.9 Å². The molecule has 7 nitrogen and oxygen atoms in total. The van der Waals surface area contributed by atoms with E-state index in [1.54, 1.807) is 0 Å². The summed E-state index contributed by atoms with van der Waals surface area (Å²) in [6.45, 7) is 3.79. The first-order valence-electron chi connectivity index (χ1n) is 12.4. The maximum absolute atomic E-state index is 14.1. The van der Waals surface area contributed by atoms with Gasteiger partial charge in [-0.3, -0.25) is 14.9 Å². The van der Waals surface area contributed by atoms with Gasteiger partial charge in [0, 0.05) is 28.7 Å². The summed E-state index contributed by atoms with van der Waals surface area (Å²) in [6, 6.07) is 3.44. The van der Waals surface area contributed by atoms with E-state index in [4.69, 9.17) is 0 Å². The molecule has 194 valence electrons. The van der Waals surface area contributed by atoms with E-state index in [2.05, 4.69) is 22.5 Å². The maximum Gasteiger partial charge on any atom is 0.263 e. The highest BCUT2D eigenvalue weighted by molar-refractivity contribution is 7.15. The lowest BCUT2D eigenvalue weighted by atomic mass is 9.47. The van der Waals surface area contributed by atoms with E-state index in [1.807, 2.05) is 6.92 Å². The molecule has 1 aromatic carbocycles. The number of aromatic nitrogens is 1. The first-order chi connectivity index (χ1) is 17.1. The first-order valence-corrected chi connectivity index (χ1v) is 13.2. The number of benzene rings is 1. The fourth-order valence-corrected chi connectivity index (χ4v) is 7.34. The van der Waals surface area contributed by atoms with Crippen molar-refractivity contribution in [3.05, 3.63) is 46.0 Å². The van der Waals surface area contributed by atoms with Crippen LogP contribution in [-0.2, 0) is 11.2 Å². The van der Waals surface area contributed by atoms with E-state index >= 15 is 0 Å². The van der Waals surface area contributed by atoms with Gasteiger partial charge in [-0.05, 0) is 55.6 Å². The van der Waals surface area contributed by atoms with Gasteiger partial charge in [0.15, 0.2) is 5.13 Å². The van der Waals surface area contributed by atoms with Gasteiger partial charge in [-0.25, -0.2) is 13.8 Å². The molecule has 0 radical (unpaired) electrons. The largest absolute Gasteiger partial charge is 0.396 e. The molecule has 36 heavy (non-hydrogen) atoms. The summed E-state index contributed by atoms with van der Waals surface area (Å²) in [7, 11) is 0. The molecule has 3 aliphatic rings. The number of aliphatic hydroxyl groups is 2. The smallest absolute Gasteiger partial charge is 0.263 e. The second kappa shape index (κ2) is 9.15. The van der Waals surface area contributed by atoms with Gasteiger partial charge in [0.05, 0.1) is 18.4 Å². The summed E-state index contributed by atoms with van der Waals surface area (Å²) in [5.74, 6) is -3.35. The van der Waals surface area contributed by atoms with Crippen LogP contribution in [0, 0.1) is 28.4 Å². The summed E-state index contributed by atoms with van der Waals surface area (Å²) < 4.78 is 28.3. The molecule has 0 saturated heterocycles. The molecule has 10 heteroatoms. The van der Waals surface area contributed by atoms with E-state index in [-0.39, 0.29) is 41.9 Å². The number of thiazole rings is 1. The van der Waals surface area contributed by atoms with Gasteiger partial charge in [-0.2, -0.15) is 0 Å². The molecule has 0 bridgehead atoms. The number of hydrogen-bond acceptors (Lipinski definition) is 6. The maximum atomic E-state index is 14.1. The second-order valence-electron chi connectivity index (χ2n) is 11.0. The molecule has 1 heterocycles. The molecule has 5 atom stereocenters. The topological polar surface area (TPSA) is 112 Å². The SMILES string of the molecule is CC1(CO)C(O)CCC2(C)C(CC(=O)NC3CC3)c3nc(NC(=O)c4c(F)cccc4F)sc3CC12. The van der Waals surface area contributed by atoms with Crippen LogP contribution in [0.2, 0.25) is 0 Å². The van der Waals surface area contributed by atoms with Gasteiger partial charge in [-0.1, -0.05) is 19.9 Å². The van der Waals surface area contributed by atoms with E-state index in [0.29, 0.717) is 25.0 Å². The second-order valence-corrected chi connectivity index (χ2v) is 12.0. The Morgan fingerprint density at radius 3 is 2.53 bits per heavy atom. The van der Waals surface area contributed by atoms with Crippen molar-refractivity contribution in [2.45, 2.75) is 70.4 Å². The molecule has 5 unspecified atom stereocenters. The third kappa shape index (κ3) is 4.22. The number of rotatable bonds is 6. The molecular weight excluding hydrogens is 488 g/mol. The quantitative estimate of drug-likeness (QED) is 0.465. The lowest BCUT2D eigenvalue weighted by Crippen LogP contribution is -2.57. The average molecular weight is 520 g/mol. The average Bonchev–Trinajstić information content (AvgIpc) is 3.54. The minimum absolute atomic E-state index is 0.0702. The number of hydrogen-bond donors (Lipinski definition) is 4. The molecule has 2 amide bonds. The van der Waals surface area contributed by atoms with Crippen molar-refractivity contribution >= 4 is 28.3 Å². The van der Waals surface area contributed by atoms with E-state index in [0.717, 1.165) is 29.9 Å². The normalized spacial score (nSPS) is 31.3. The fourth-order valence-electron chi connectivity index (χ4n) is 6.27. The number of nitrogens with zero attached hydrogens (tertiary/aromatic N) is 1. The molecule has 4 N–H and O–H groups in total. The van der Waals surface area contributed by atoms with Crippen molar-refractivity contribution in [2.24, 2.45) is 16.7 Å². The third-order valence-corrected chi connectivity index (χ3v) is 9.64. The van der Waals surface area contributed by atoms with Gasteiger partial charge < -0.3 is 15.5 Å². The Kier molecular flexibility index (Phi) is 6.41. The van der Waals surface area contributed by atoms with Crippen molar-refractivity contribution in [3.63, 3.8) is 0 Å². The van der Waals surface area contributed by atoms with Crippen molar-refractivity contribution in [1.82, 2.24) is 10.3 Å². The van der Waals surface area contributed by atoms with Crippen molar-refractivity contribution in [3.8, 4) is 0 Å². The van der Waals surface area contributed by atoms with Crippen LogP contribution in [0.25, 0.3) is 0 Å². The standard InChI is InChI=1S/C26H31F2N3O4S/c1-25-9-8-19(33)26(2,12-32)18(25)11-17-22(14(25)10-20(34)29-13-6-7-13)30-24(36-17)31-23(35)21-15(27)4-3-5-16(21)28/h3-5,13-14,18-19,32-33H,6-12H2,1-2H3,(H,29,34)(H,30,31,35). The number of carbonyl (C=O) groups is 2. The number of carbonyl (C=O) groups excluding carboxylic acids is 2. The number of aliphatic hydroxyl groups excluding tert-OH is 2. The Bertz CT molecular complexity index is 1180. The minimum atomic E-state index is -0.963. The van der Waals surface area contributed by atoms with Gasteiger partial charge in [0.1, 0.15) is 17.2 Å². The van der Waals surface area contributed by atoms with Crippen molar-refractivity contribution in [2.75, 3.05) is 11.9 Å². The summed E-state index contributed by atoms with van der Waals surface area (Å²) in [4.78, 5) is 31.2. The highest BCUT2D eigenvalue weighted by atomic mass is 32.1. The van der Waals surface area contributed by atoms with Gasteiger partial charge in [0.2, 0.25) is 5.91 Å². The highest BCUT2D eigenvalue weighted by Crippen LogP contribution is 2.62. The predicted octanol–water partition coefficient (Wildman–Crippen LogP) is 3.76. The zero-order valence-electron chi connectivity index (χ0n) is 20.3. The third-order valence-electron chi connectivity index (χ3n) is 8.64. The molecule has 0 spiro atoms. The molecule has 2 aromatic rings. The van der Waals surface area contributed by atoms with Gasteiger partial charge in [-0.15, -0.1) is 11.3 Å². The molecule has 0 aliphatic heterocycles. The fraction of sp³-hybridized carbons (Fsp3) is 0.577. The molecule has 1 aromatic heterocycles. The van der Waals surface area contributed by atoms with Crippen LogP contribution in [0.15, 0.2) is 18.2 Å². The molecule has 2 saturated carbocycles. The number of amides is 2. The Morgan fingerprint density at radius 1 is 1.19 bits per heavy atom. The van der Waals surface area contributed by atoms with Crippen LogP contribution in [-0.4, -0.2) is 45.8 Å². The van der Waals surface area contributed by atoms with E-state index in [1.165, 1.54) is 17.4 Å². The zero-order valence-corrected chi connectivity index (χ0v) is 21.1. The van der Waals surface area contributed by atoms with Crippen LogP contribution in [0.1, 0.15) is 72.8 Å². The first kappa shape index (κ1) is 25.2. The van der Waals surface area contributed by atoms with Crippen LogP contribution >= 0.6 is 11.3 Å². The Morgan fingerprint density at radius 2 is 1.89 bits per heavy atom. The zero-order chi connectivity index (χ0) is 25.8. The van der Waals surface area contributed by atoms with Gasteiger partial charge >= 0.3 is 0 Å². The van der Waals surface area contributed by atoms with Crippen molar-refractivity contribution < 1.29 is 28.6 Å². The number of fused-ring (bicyclic) bond motifs is 2. The molecule has 5 rings (SSSR count). The lowest BCUT2D eigenvalue weighted by molar-refractivity contribution is -0.144. The Hall–Kier alpha value is -2.43. The summed E-state index contributed by atoms with van der Waals surface area (Å²) in [6.07, 6.45) is 3.13.